The highest BCUT2D eigenvalue weighted by Crippen LogP contribution is 2.28. The first-order valence-corrected chi connectivity index (χ1v) is 8.89. The summed E-state index contributed by atoms with van der Waals surface area (Å²) in [6.07, 6.45) is 1.74. The van der Waals surface area contributed by atoms with Gasteiger partial charge in [-0.2, -0.15) is 11.3 Å². The van der Waals surface area contributed by atoms with E-state index in [0.717, 1.165) is 18.4 Å². The maximum absolute atomic E-state index is 12.8. The first-order valence-electron chi connectivity index (χ1n) is 7.95. The van der Waals surface area contributed by atoms with E-state index >= 15 is 0 Å². The van der Waals surface area contributed by atoms with Crippen LogP contribution in [0.1, 0.15) is 31.4 Å². The average molecular weight is 324 g/mol. The molecule has 0 saturated carbocycles. The largest absolute Gasteiger partial charge is 0.381 e. The minimum Gasteiger partial charge on any atom is -0.381 e. The van der Waals surface area contributed by atoms with Gasteiger partial charge in [0.25, 0.3) is 0 Å². The van der Waals surface area contributed by atoms with Gasteiger partial charge in [-0.1, -0.05) is 0 Å². The summed E-state index contributed by atoms with van der Waals surface area (Å²) in [7, 11) is 0. The molecule has 0 spiro atoms. The Morgan fingerprint density at radius 1 is 1.41 bits per heavy atom. The molecule has 2 aliphatic heterocycles. The topological polar surface area (TPSA) is 64.8 Å². The highest BCUT2D eigenvalue weighted by molar-refractivity contribution is 7.07. The Labute approximate surface area is 135 Å². The number of thiophene rings is 1. The molecule has 3 atom stereocenters. The number of amides is 1. The molecule has 3 heterocycles. The lowest BCUT2D eigenvalue weighted by Crippen LogP contribution is -2.54. The predicted octanol–water partition coefficient (Wildman–Crippen LogP) is 1.79. The van der Waals surface area contributed by atoms with Crippen LogP contribution in [0, 0.1) is 5.92 Å². The molecule has 0 aliphatic carbocycles. The van der Waals surface area contributed by atoms with E-state index in [1.807, 2.05) is 17.2 Å². The van der Waals surface area contributed by atoms with Crippen LogP contribution in [0.3, 0.4) is 0 Å². The van der Waals surface area contributed by atoms with Gasteiger partial charge in [0.2, 0.25) is 5.91 Å². The summed E-state index contributed by atoms with van der Waals surface area (Å²) in [4.78, 5) is 14.7. The van der Waals surface area contributed by atoms with E-state index < -0.39 is 6.04 Å². The van der Waals surface area contributed by atoms with Crippen molar-refractivity contribution in [2.45, 2.75) is 38.0 Å². The van der Waals surface area contributed by atoms with Crippen LogP contribution in [-0.4, -0.2) is 49.3 Å². The normalized spacial score (nSPS) is 28.5. The van der Waals surface area contributed by atoms with E-state index in [2.05, 4.69) is 11.4 Å². The molecule has 2 aliphatic rings. The molecule has 122 valence electrons. The van der Waals surface area contributed by atoms with E-state index in [1.54, 1.807) is 11.3 Å². The third-order valence-electron chi connectivity index (χ3n) is 4.55. The molecule has 5 nitrogen and oxygen atoms in total. The number of morpholine rings is 1. The Bertz CT molecular complexity index is 488. The van der Waals surface area contributed by atoms with Crippen LogP contribution in [0.4, 0.5) is 0 Å². The summed E-state index contributed by atoms with van der Waals surface area (Å²) in [6.45, 7) is 4.65. The van der Waals surface area contributed by atoms with E-state index in [0.29, 0.717) is 26.3 Å². The van der Waals surface area contributed by atoms with Gasteiger partial charge in [-0.15, -0.1) is 0 Å². The molecule has 6 heteroatoms. The fraction of sp³-hybridized carbons (Fsp3) is 0.688. The first kappa shape index (κ1) is 15.9. The number of nitrogens with zero attached hydrogens (tertiary/aromatic N) is 1. The third kappa shape index (κ3) is 3.51. The van der Waals surface area contributed by atoms with Crippen molar-refractivity contribution in [3.63, 3.8) is 0 Å². The molecule has 1 aromatic rings. The molecule has 22 heavy (non-hydrogen) atoms. The Hall–Kier alpha value is -0.950. The third-order valence-corrected chi connectivity index (χ3v) is 5.25. The van der Waals surface area contributed by atoms with Gasteiger partial charge in [0.15, 0.2) is 0 Å². The quantitative estimate of drug-likeness (QED) is 0.921. The summed E-state index contributed by atoms with van der Waals surface area (Å²) in [6, 6.07) is 1.64. The molecule has 2 saturated heterocycles. The number of hydrogen-bond donors (Lipinski definition) is 1. The monoisotopic (exact) mass is 324 g/mol. The van der Waals surface area contributed by atoms with Crippen molar-refractivity contribution in [3.8, 4) is 0 Å². The predicted molar refractivity (Wildman–Crippen MR) is 85.7 cm³/mol. The Kier molecular flexibility index (Phi) is 5.13. The summed E-state index contributed by atoms with van der Waals surface area (Å²) < 4.78 is 11.3. The summed E-state index contributed by atoms with van der Waals surface area (Å²) >= 11 is 1.65. The second-order valence-corrected chi connectivity index (χ2v) is 6.99. The Balaban J connectivity index is 1.65. The number of carbonyl (C=O) groups excluding carboxylic acids is 1. The number of hydrogen-bond acceptors (Lipinski definition) is 5. The number of carbonyl (C=O) groups is 1. The van der Waals surface area contributed by atoms with Gasteiger partial charge < -0.3 is 20.1 Å². The van der Waals surface area contributed by atoms with Gasteiger partial charge in [0, 0.05) is 19.8 Å². The lowest BCUT2D eigenvalue weighted by Gasteiger charge is -2.39. The van der Waals surface area contributed by atoms with Gasteiger partial charge >= 0.3 is 0 Å². The van der Waals surface area contributed by atoms with E-state index in [-0.39, 0.29) is 24.0 Å². The van der Waals surface area contributed by atoms with Crippen LogP contribution >= 0.6 is 11.3 Å². The standard InChI is InChI=1S/C16H24N2O3S/c1-11-8-18(9-14(21-11)13-4-7-22-10-13)16(19)15(17)12-2-5-20-6-3-12/h4,7,10-12,14-15H,2-3,5-6,8-9,17H2,1H3. The van der Waals surface area contributed by atoms with Crippen molar-refractivity contribution in [3.05, 3.63) is 22.4 Å². The van der Waals surface area contributed by atoms with Crippen LogP contribution < -0.4 is 5.73 Å². The van der Waals surface area contributed by atoms with Gasteiger partial charge in [-0.25, -0.2) is 0 Å². The molecule has 3 unspecified atom stereocenters. The zero-order valence-corrected chi connectivity index (χ0v) is 13.8. The van der Waals surface area contributed by atoms with Crippen LogP contribution in [0.5, 0.6) is 0 Å². The highest BCUT2D eigenvalue weighted by atomic mass is 32.1. The van der Waals surface area contributed by atoms with Crippen LogP contribution in [-0.2, 0) is 14.3 Å². The molecular formula is C16H24N2O3S. The van der Waals surface area contributed by atoms with Gasteiger partial charge in [-0.3, -0.25) is 4.79 Å². The molecular weight excluding hydrogens is 300 g/mol. The molecule has 2 fully saturated rings. The van der Waals surface area contributed by atoms with Gasteiger partial charge in [-0.05, 0) is 48.1 Å². The van der Waals surface area contributed by atoms with Crippen molar-refractivity contribution in [2.24, 2.45) is 11.7 Å². The number of nitrogens with two attached hydrogens (primary N) is 1. The van der Waals surface area contributed by atoms with Crippen molar-refractivity contribution in [1.82, 2.24) is 4.90 Å². The van der Waals surface area contributed by atoms with E-state index in [9.17, 15) is 4.79 Å². The van der Waals surface area contributed by atoms with Crippen molar-refractivity contribution in [1.29, 1.82) is 0 Å². The molecule has 1 aromatic heterocycles. The summed E-state index contributed by atoms with van der Waals surface area (Å²) in [5.41, 5.74) is 7.39. The molecule has 0 bridgehead atoms. The Morgan fingerprint density at radius 2 is 2.18 bits per heavy atom. The van der Waals surface area contributed by atoms with E-state index in [1.165, 1.54) is 0 Å². The molecule has 1 amide bonds. The summed E-state index contributed by atoms with van der Waals surface area (Å²) in [5, 5.41) is 4.13. The van der Waals surface area contributed by atoms with Gasteiger partial charge in [0.1, 0.15) is 6.10 Å². The molecule has 2 N–H and O–H groups in total. The molecule has 0 aromatic carbocycles. The smallest absolute Gasteiger partial charge is 0.239 e. The van der Waals surface area contributed by atoms with Crippen LogP contribution in [0.25, 0.3) is 0 Å². The van der Waals surface area contributed by atoms with Gasteiger partial charge in [0.05, 0.1) is 18.7 Å². The SMILES string of the molecule is CC1CN(C(=O)C(N)C2CCOCC2)CC(c2ccsc2)O1. The van der Waals surface area contributed by atoms with Crippen LogP contribution in [0.15, 0.2) is 16.8 Å². The van der Waals surface area contributed by atoms with Crippen LogP contribution in [0.2, 0.25) is 0 Å². The lowest BCUT2D eigenvalue weighted by molar-refractivity contribution is -0.148. The second kappa shape index (κ2) is 7.08. The summed E-state index contributed by atoms with van der Waals surface area (Å²) in [5.74, 6) is 0.293. The van der Waals surface area contributed by atoms with Crippen molar-refractivity contribution < 1.29 is 14.3 Å². The van der Waals surface area contributed by atoms with Crippen molar-refractivity contribution >= 4 is 17.2 Å². The van der Waals surface area contributed by atoms with E-state index in [4.69, 9.17) is 15.2 Å². The minimum atomic E-state index is -0.419. The number of rotatable bonds is 3. The maximum atomic E-state index is 12.8. The Morgan fingerprint density at radius 3 is 2.86 bits per heavy atom. The second-order valence-electron chi connectivity index (χ2n) is 6.21. The fourth-order valence-electron chi connectivity index (χ4n) is 3.26. The zero-order valence-electron chi connectivity index (χ0n) is 12.9. The number of ether oxygens (including phenoxy) is 2. The first-order chi connectivity index (χ1) is 10.6. The highest BCUT2D eigenvalue weighted by Gasteiger charge is 2.35. The molecule has 3 rings (SSSR count). The zero-order chi connectivity index (χ0) is 15.5. The van der Waals surface area contributed by atoms with Crippen molar-refractivity contribution in [2.75, 3.05) is 26.3 Å². The molecule has 0 radical (unpaired) electrons. The maximum Gasteiger partial charge on any atom is 0.239 e. The average Bonchev–Trinajstić information content (AvgIpc) is 3.08. The minimum absolute atomic E-state index is 0.0319. The lowest BCUT2D eigenvalue weighted by atomic mass is 9.91. The fourth-order valence-corrected chi connectivity index (χ4v) is 3.96.